The average Bonchev–Trinajstić information content (AvgIpc) is 3.52. The molecule has 0 saturated heterocycles. The van der Waals surface area contributed by atoms with Crippen molar-refractivity contribution in [2.75, 3.05) is 5.32 Å². The summed E-state index contributed by atoms with van der Waals surface area (Å²) in [5.74, 6) is 0.502. The second-order valence-electron chi connectivity index (χ2n) is 8.11. The fraction of sp³-hybridized carbons (Fsp3) is 0.0385. The highest BCUT2D eigenvalue weighted by Gasteiger charge is 2.14. The quantitative estimate of drug-likeness (QED) is 0.293. The maximum absolute atomic E-state index is 13.9. The Morgan fingerprint density at radius 2 is 1.89 bits per heavy atom. The normalized spacial score (nSPS) is 11.2. The second-order valence-corrected chi connectivity index (χ2v) is 8.11. The van der Waals surface area contributed by atoms with Gasteiger partial charge < -0.3 is 10.3 Å². The van der Waals surface area contributed by atoms with Gasteiger partial charge in [-0.15, -0.1) is 0 Å². The minimum atomic E-state index is -0.491. The van der Waals surface area contributed by atoms with E-state index in [9.17, 15) is 9.18 Å². The van der Waals surface area contributed by atoms with Crippen molar-refractivity contribution in [3.63, 3.8) is 0 Å². The number of halogens is 1. The molecule has 0 amide bonds. The van der Waals surface area contributed by atoms with Gasteiger partial charge in [0.1, 0.15) is 11.6 Å². The van der Waals surface area contributed by atoms with E-state index in [0.717, 1.165) is 39.3 Å². The van der Waals surface area contributed by atoms with Crippen LogP contribution in [0, 0.1) is 5.82 Å². The summed E-state index contributed by atoms with van der Waals surface area (Å²) in [6.07, 6.45) is 6.00. The lowest BCUT2D eigenvalue weighted by Gasteiger charge is -2.07. The summed E-state index contributed by atoms with van der Waals surface area (Å²) in [6.45, 7) is 0. The zero-order chi connectivity index (χ0) is 23.8. The number of nitrogens with one attached hydrogen (secondary N) is 3. The van der Waals surface area contributed by atoms with Crippen molar-refractivity contribution < 1.29 is 9.18 Å². The highest BCUT2D eigenvalue weighted by molar-refractivity contribution is 6.01. The molecule has 0 unspecified atom stereocenters. The number of H-pyrrole nitrogens is 2. The maximum Gasteiger partial charge on any atom is 0.183 e. The van der Waals surface area contributed by atoms with Gasteiger partial charge in [-0.3, -0.25) is 14.9 Å². The van der Waals surface area contributed by atoms with E-state index in [4.69, 9.17) is 0 Å². The van der Waals surface area contributed by atoms with Crippen molar-refractivity contribution in [3.8, 4) is 11.4 Å². The number of carbonyl (C=O) groups excluding carboxylic acids is 1. The van der Waals surface area contributed by atoms with Crippen molar-refractivity contribution >= 4 is 39.1 Å². The molecule has 4 heterocycles. The highest BCUT2D eigenvalue weighted by Crippen LogP contribution is 2.25. The summed E-state index contributed by atoms with van der Waals surface area (Å²) in [5, 5.41) is 12.1. The molecule has 3 N–H and O–H groups in total. The minimum Gasteiger partial charge on any atom is -0.352 e. The molecular weight excluding hydrogens is 445 g/mol. The number of benzene rings is 2. The van der Waals surface area contributed by atoms with E-state index in [-0.39, 0.29) is 12.2 Å². The number of pyridine rings is 1. The number of ketones is 1. The molecule has 6 rings (SSSR count). The predicted octanol–water partition coefficient (Wildman–Crippen LogP) is 5.20. The van der Waals surface area contributed by atoms with E-state index in [1.165, 1.54) is 12.3 Å². The van der Waals surface area contributed by atoms with Crippen LogP contribution in [0.3, 0.4) is 0 Å². The first-order valence-electron chi connectivity index (χ1n) is 10.9. The Morgan fingerprint density at radius 1 is 0.943 bits per heavy atom. The number of fused-ring (bicyclic) bond motifs is 2. The Morgan fingerprint density at radius 3 is 2.80 bits per heavy atom. The van der Waals surface area contributed by atoms with Crippen LogP contribution in [-0.2, 0) is 6.42 Å². The first-order chi connectivity index (χ1) is 17.1. The Labute approximate surface area is 198 Å². The monoisotopic (exact) mass is 463 g/mol. The van der Waals surface area contributed by atoms with Gasteiger partial charge in [0.25, 0.3) is 0 Å². The van der Waals surface area contributed by atoms with Crippen LogP contribution >= 0.6 is 0 Å². The number of Topliss-reactive ketones (excluding diaryl/α,β-unsaturated/α-hetero) is 1. The van der Waals surface area contributed by atoms with Gasteiger partial charge in [-0.1, -0.05) is 12.1 Å². The van der Waals surface area contributed by atoms with Gasteiger partial charge in [-0.25, -0.2) is 14.4 Å². The fourth-order valence-electron chi connectivity index (χ4n) is 3.97. The van der Waals surface area contributed by atoms with Crippen molar-refractivity contribution in [2.45, 2.75) is 6.42 Å². The Hall–Kier alpha value is -4.92. The molecule has 6 aromatic rings. The number of aromatic nitrogens is 6. The topological polar surface area (TPSA) is 112 Å². The summed E-state index contributed by atoms with van der Waals surface area (Å²) < 4.78 is 13.9. The van der Waals surface area contributed by atoms with Crippen LogP contribution in [0.25, 0.3) is 33.2 Å². The lowest BCUT2D eigenvalue weighted by Crippen LogP contribution is -2.05. The molecule has 0 atom stereocenters. The molecule has 0 spiro atoms. The summed E-state index contributed by atoms with van der Waals surface area (Å²) in [6, 6.07) is 16.7. The van der Waals surface area contributed by atoms with Gasteiger partial charge in [0.05, 0.1) is 23.6 Å². The molecule has 2 aromatic carbocycles. The Balaban J connectivity index is 1.25. The van der Waals surface area contributed by atoms with Crippen LogP contribution in [-0.4, -0.2) is 35.9 Å². The van der Waals surface area contributed by atoms with Crippen LogP contribution in [0.2, 0.25) is 0 Å². The van der Waals surface area contributed by atoms with Gasteiger partial charge in [0.2, 0.25) is 0 Å². The van der Waals surface area contributed by atoms with E-state index in [1.54, 1.807) is 24.5 Å². The number of carbonyl (C=O) groups is 1. The predicted molar refractivity (Wildman–Crippen MR) is 131 cm³/mol. The number of aromatic amines is 2. The molecule has 0 aliphatic carbocycles. The average molecular weight is 463 g/mol. The molecule has 35 heavy (non-hydrogen) atoms. The molecule has 170 valence electrons. The lowest BCUT2D eigenvalue weighted by molar-refractivity contribution is 0.0988. The molecular formula is C26H18FN7O. The third-order valence-corrected chi connectivity index (χ3v) is 5.76. The van der Waals surface area contributed by atoms with Gasteiger partial charge in [-0.05, 0) is 48.0 Å². The van der Waals surface area contributed by atoms with Crippen molar-refractivity contribution in [2.24, 2.45) is 0 Å². The number of hydrogen-bond donors (Lipinski definition) is 3. The summed E-state index contributed by atoms with van der Waals surface area (Å²) in [4.78, 5) is 28.6. The SMILES string of the molecule is O=C(Cc1ccncc1F)c1cc2ccc(-c3nccc(Nc4ccc5[nH]ncc5c4)n3)cc2[nH]1. The van der Waals surface area contributed by atoms with Crippen molar-refractivity contribution in [1.82, 2.24) is 30.1 Å². The van der Waals surface area contributed by atoms with Gasteiger partial charge in [0.15, 0.2) is 11.6 Å². The van der Waals surface area contributed by atoms with E-state index < -0.39 is 5.82 Å². The van der Waals surface area contributed by atoms with Crippen LogP contribution in [0.1, 0.15) is 16.1 Å². The number of hydrogen-bond acceptors (Lipinski definition) is 6. The van der Waals surface area contributed by atoms with Crippen LogP contribution < -0.4 is 5.32 Å². The molecule has 0 radical (unpaired) electrons. The molecule has 0 aliphatic rings. The third-order valence-electron chi connectivity index (χ3n) is 5.76. The molecule has 0 fully saturated rings. The molecule has 9 heteroatoms. The number of nitrogens with zero attached hydrogens (tertiary/aromatic N) is 4. The van der Waals surface area contributed by atoms with Gasteiger partial charge >= 0.3 is 0 Å². The lowest BCUT2D eigenvalue weighted by atomic mass is 10.1. The number of rotatable bonds is 6. The van der Waals surface area contributed by atoms with Gasteiger partial charge in [0, 0.05) is 46.4 Å². The van der Waals surface area contributed by atoms with E-state index in [2.05, 4.69) is 35.5 Å². The molecule has 8 nitrogen and oxygen atoms in total. The standard InChI is InChI=1S/C26H18FN7O/c27-20-14-28-7-5-15(20)12-24(35)23-10-16-1-2-17(11-22(16)32-23)26-29-8-6-25(33-26)31-19-3-4-21-18(9-19)13-30-34-21/h1-11,13-14,32H,12H2,(H,30,34)(H,29,31,33). The minimum absolute atomic E-state index is 0.0462. The van der Waals surface area contributed by atoms with Gasteiger partial charge in [-0.2, -0.15) is 5.10 Å². The zero-order valence-corrected chi connectivity index (χ0v) is 18.3. The summed E-state index contributed by atoms with van der Waals surface area (Å²) in [5.41, 5.74) is 4.15. The van der Waals surface area contributed by atoms with E-state index in [1.807, 2.05) is 36.4 Å². The van der Waals surface area contributed by atoms with Crippen LogP contribution in [0.5, 0.6) is 0 Å². The molecule has 0 saturated carbocycles. The summed E-state index contributed by atoms with van der Waals surface area (Å²) in [7, 11) is 0. The van der Waals surface area contributed by atoms with Crippen molar-refractivity contribution in [1.29, 1.82) is 0 Å². The largest absolute Gasteiger partial charge is 0.352 e. The highest BCUT2D eigenvalue weighted by atomic mass is 19.1. The Bertz CT molecular complexity index is 1710. The summed E-state index contributed by atoms with van der Waals surface area (Å²) >= 11 is 0. The van der Waals surface area contributed by atoms with Crippen molar-refractivity contribution in [3.05, 3.63) is 96.5 Å². The Kier molecular flexibility index (Phi) is 4.99. The van der Waals surface area contributed by atoms with Crippen LogP contribution in [0.4, 0.5) is 15.9 Å². The molecule has 0 bridgehead atoms. The first kappa shape index (κ1) is 20.7. The molecule has 0 aliphatic heterocycles. The van der Waals surface area contributed by atoms with Crippen LogP contribution in [0.15, 0.2) is 79.4 Å². The first-order valence-corrected chi connectivity index (χ1v) is 10.9. The second kappa shape index (κ2) is 8.45. The third kappa shape index (κ3) is 4.10. The molecule has 4 aromatic heterocycles. The zero-order valence-electron chi connectivity index (χ0n) is 18.3. The van der Waals surface area contributed by atoms with E-state index in [0.29, 0.717) is 22.9 Å². The fourth-order valence-corrected chi connectivity index (χ4v) is 3.97. The number of anilines is 2. The van der Waals surface area contributed by atoms with E-state index >= 15 is 0 Å². The smallest absolute Gasteiger partial charge is 0.183 e. The maximum atomic E-state index is 13.9.